The summed E-state index contributed by atoms with van der Waals surface area (Å²) >= 11 is 0. The summed E-state index contributed by atoms with van der Waals surface area (Å²) in [6, 6.07) is 9.21. The SMILES string of the molecule is CCC(C(=O)Oc1ccccc1)C(C)C. The van der Waals surface area contributed by atoms with Crippen molar-refractivity contribution in [3.8, 4) is 5.75 Å². The van der Waals surface area contributed by atoms with Gasteiger partial charge in [0.05, 0.1) is 5.92 Å². The summed E-state index contributed by atoms with van der Waals surface area (Å²) in [5.41, 5.74) is 0. The Morgan fingerprint density at radius 1 is 1.27 bits per heavy atom. The Hall–Kier alpha value is -1.31. The number of ether oxygens (including phenoxy) is 1. The van der Waals surface area contributed by atoms with Gasteiger partial charge in [0.1, 0.15) is 5.75 Å². The lowest BCUT2D eigenvalue weighted by Gasteiger charge is -2.17. The number of carbonyl (C=O) groups excluding carboxylic acids is 1. The normalized spacial score (nSPS) is 12.5. The molecular formula is C13H18O2. The Morgan fingerprint density at radius 3 is 2.33 bits per heavy atom. The molecule has 0 radical (unpaired) electrons. The molecule has 0 spiro atoms. The molecule has 0 fully saturated rings. The molecule has 0 saturated heterocycles. The van der Waals surface area contributed by atoms with E-state index in [1.165, 1.54) is 0 Å². The Kier molecular flexibility index (Phi) is 4.35. The monoisotopic (exact) mass is 206 g/mol. The number of rotatable bonds is 4. The van der Waals surface area contributed by atoms with Crippen LogP contribution in [0.15, 0.2) is 30.3 Å². The zero-order chi connectivity index (χ0) is 11.3. The van der Waals surface area contributed by atoms with Gasteiger partial charge in [-0.05, 0) is 24.5 Å². The smallest absolute Gasteiger partial charge is 0.314 e. The Morgan fingerprint density at radius 2 is 1.87 bits per heavy atom. The molecular weight excluding hydrogens is 188 g/mol. The highest BCUT2D eigenvalue weighted by molar-refractivity contribution is 5.75. The molecule has 2 heteroatoms. The molecule has 0 aromatic heterocycles. The average molecular weight is 206 g/mol. The van der Waals surface area contributed by atoms with Crippen molar-refractivity contribution < 1.29 is 9.53 Å². The largest absolute Gasteiger partial charge is 0.426 e. The highest BCUT2D eigenvalue weighted by Gasteiger charge is 2.21. The van der Waals surface area contributed by atoms with E-state index in [1.807, 2.05) is 39.0 Å². The third-order valence-corrected chi connectivity index (χ3v) is 2.51. The standard InChI is InChI=1S/C13H18O2/c1-4-12(10(2)3)13(14)15-11-8-6-5-7-9-11/h5-10,12H,4H2,1-3H3. The molecule has 0 aliphatic heterocycles. The summed E-state index contributed by atoms with van der Waals surface area (Å²) in [5, 5.41) is 0. The summed E-state index contributed by atoms with van der Waals surface area (Å²) < 4.78 is 5.29. The summed E-state index contributed by atoms with van der Waals surface area (Å²) in [6.45, 7) is 6.10. The van der Waals surface area contributed by atoms with Crippen molar-refractivity contribution in [1.82, 2.24) is 0 Å². The summed E-state index contributed by atoms with van der Waals surface area (Å²) in [4.78, 5) is 11.8. The third kappa shape index (κ3) is 3.39. The minimum atomic E-state index is -0.126. The van der Waals surface area contributed by atoms with Gasteiger partial charge in [-0.15, -0.1) is 0 Å². The average Bonchev–Trinajstić information content (AvgIpc) is 2.19. The van der Waals surface area contributed by atoms with E-state index < -0.39 is 0 Å². The van der Waals surface area contributed by atoms with Crippen LogP contribution in [0.25, 0.3) is 0 Å². The van der Waals surface area contributed by atoms with E-state index in [1.54, 1.807) is 12.1 Å². The van der Waals surface area contributed by atoms with Gasteiger partial charge in [-0.2, -0.15) is 0 Å². The van der Waals surface area contributed by atoms with Crippen LogP contribution < -0.4 is 4.74 Å². The van der Waals surface area contributed by atoms with Crippen molar-refractivity contribution >= 4 is 5.97 Å². The molecule has 2 nitrogen and oxygen atoms in total. The predicted octanol–water partition coefficient (Wildman–Crippen LogP) is 3.27. The molecule has 0 bridgehead atoms. The second-order valence-electron chi connectivity index (χ2n) is 3.99. The van der Waals surface area contributed by atoms with E-state index in [2.05, 4.69) is 0 Å². The van der Waals surface area contributed by atoms with Gasteiger partial charge in [0.25, 0.3) is 0 Å². The van der Waals surface area contributed by atoms with Crippen molar-refractivity contribution in [2.75, 3.05) is 0 Å². The summed E-state index contributed by atoms with van der Waals surface area (Å²) in [7, 11) is 0. The van der Waals surface area contributed by atoms with Crippen molar-refractivity contribution in [3.63, 3.8) is 0 Å². The van der Waals surface area contributed by atoms with Crippen LogP contribution in [0.3, 0.4) is 0 Å². The molecule has 82 valence electrons. The predicted molar refractivity (Wildman–Crippen MR) is 60.7 cm³/mol. The quantitative estimate of drug-likeness (QED) is 0.558. The van der Waals surface area contributed by atoms with E-state index in [-0.39, 0.29) is 11.9 Å². The van der Waals surface area contributed by atoms with E-state index in [9.17, 15) is 4.79 Å². The minimum Gasteiger partial charge on any atom is -0.426 e. The lowest BCUT2D eigenvalue weighted by atomic mass is 9.93. The highest BCUT2D eigenvalue weighted by atomic mass is 16.5. The fourth-order valence-corrected chi connectivity index (χ4v) is 1.59. The maximum atomic E-state index is 11.8. The lowest BCUT2D eigenvalue weighted by Crippen LogP contribution is -2.24. The second kappa shape index (κ2) is 5.54. The second-order valence-corrected chi connectivity index (χ2v) is 3.99. The topological polar surface area (TPSA) is 26.3 Å². The van der Waals surface area contributed by atoms with E-state index >= 15 is 0 Å². The molecule has 1 unspecified atom stereocenters. The van der Waals surface area contributed by atoms with Crippen LogP contribution in [-0.2, 0) is 4.79 Å². The molecule has 1 atom stereocenters. The molecule has 0 aliphatic rings. The fourth-order valence-electron chi connectivity index (χ4n) is 1.59. The first-order chi connectivity index (χ1) is 7.15. The third-order valence-electron chi connectivity index (χ3n) is 2.51. The molecule has 1 aromatic carbocycles. The van der Waals surface area contributed by atoms with Crippen molar-refractivity contribution in [2.24, 2.45) is 11.8 Å². The number of esters is 1. The maximum Gasteiger partial charge on any atom is 0.314 e. The molecule has 15 heavy (non-hydrogen) atoms. The molecule has 0 heterocycles. The van der Waals surface area contributed by atoms with Gasteiger partial charge in [-0.25, -0.2) is 0 Å². The van der Waals surface area contributed by atoms with Gasteiger partial charge in [0.2, 0.25) is 0 Å². The van der Waals surface area contributed by atoms with Gasteiger partial charge in [0.15, 0.2) is 0 Å². The number of hydrogen-bond donors (Lipinski definition) is 0. The van der Waals surface area contributed by atoms with Crippen LogP contribution in [0.5, 0.6) is 5.75 Å². The molecule has 0 saturated carbocycles. The summed E-state index contributed by atoms with van der Waals surface area (Å²) in [5.74, 6) is 0.816. The number of hydrogen-bond acceptors (Lipinski definition) is 2. The zero-order valence-corrected chi connectivity index (χ0v) is 9.57. The van der Waals surface area contributed by atoms with Crippen LogP contribution in [0.2, 0.25) is 0 Å². The fraction of sp³-hybridized carbons (Fsp3) is 0.462. The molecule has 1 rings (SSSR count). The van der Waals surface area contributed by atoms with Gasteiger partial charge in [-0.3, -0.25) is 4.79 Å². The Bertz CT molecular complexity index is 304. The van der Waals surface area contributed by atoms with E-state index in [4.69, 9.17) is 4.74 Å². The number of para-hydroxylation sites is 1. The number of carbonyl (C=O) groups is 1. The van der Waals surface area contributed by atoms with Crippen LogP contribution in [0.4, 0.5) is 0 Å². The van der Waals surface area contributed by atoms with Gasteiger partial charge >= 0.3 is 5.97 Å². The van der Waals surface area contributed by atoms with E-state index in [0.717, 1.165) is 6.42 Å². The van der Waals surface area contributed by atoms with Gasteiger partial charge in [0, 0.05) is 0 Å². The minimum absolute atomic E-state index is 0.00907. The van der Waals surface area contributed by atoms with Gasteiger partial charge < -0.3 is 4.74 Å². The molecule has 0 aliphatic carbocycles. The van der Waals surface area contributed by atoms with Crippen molar-refractivity contribution in [2.45, 2.75) is 27.2 Å². The zero-order valence-electron chi connectivity index (χ0n) is 9.57. The first-order valence-corrected chi connectivity index (χ1v) is 5.42. The summed E-state index contributed by atoms with van der Waals surface area (Å²) in [6.07, 6.45) is 0.823. The Labute approximate surface area is 91.3 Å². The molecule has 0 N–H and O–H groups in total. The first kappa shape index (κ1) is 11.8. The van der Waals surface area contributed by atoms with Crippen LogP contribution in [0, 0.1) is 11.8 Å². The lowest BCUT2D eigenvalue weighted by molar-refractivity contribution is -0.140. The molecule has 0 amide bonds. The number of benzene rings is 1. The molecule has 1 aromatic rings. The van der Waals surface area contributed by atoms with Crippen LogP contribution >= 0.6 is 0 Å². The highest BCUT2D eigenvalue weighted by Crippen LogP contribution is 2.18. The maximum absolute atomic E-state index is 11.8. The first-order valence-electron chi connectivity index (χ1n) is 5.42. The van der Waals surface area contributed by atoms with Crippen LogP contribution in [0.1, 0.15) is 27.2 Å². The van der Waals surface area contributed by atoms with E-state index in [0.29, 0.717) is 11.7 Å². The van der Waals surface area contributed by atoms with Crippen molar-refractivity contribution in [3.05, 3.63) is 30.3 Å². The Balaban J connectivity index is 2.62. The van der Waals surface area contributed by atoms with Crippen molar-refractivity contribution in [1.29, 1.82) is 0 Å². The van der Waals surface area contributed by atoms with Gasteiger partial charge in [-0.1, -0.05) is 39.0 Å². The van der Waals surface area contributed by atoms with Crippen LogP contribution in [-0.4, -0.2) is 5.97 Å².